The molecule has 0 saturated carbocycles. The molecule has 1 atom stereocenters. The highest BCUT2D eigenvalue weighted by Crippen LogP contribution is 2.15. The summed E-state index contributed by atoms with van der Waals surface area (Å²) in [5.41, 5.74) is 2.39. The summed E-state index contributed by atoms with van der Waals surface area (Å²) in [6.07, 6.45) is 2.01. The van der Waals surface area contributed by atoms with Crippen molar-refractivity contribution in [1.82, 2.24) is 0 Å². The normalized spacial score (nSPS) is 12.1. The van der Waals surface area contributed by atoms with Gasteiger partial charge in [-0.3, -0.25) is 0 Å². The Labute approximate surface area is 121 Å². The van der Waals surface area contributed by atoms with Crippen LogP contribution in [0.5, 0.6) is 5.75 Å². The Kier molecular flexibility index (Phi) is 5.63. The number of hydrogen-bond donors (Lipinski definition) is 0. The van der Waals surface area contributed by atoms with E-state index >= 15 is 0 Å². The molecule has 0 aliphatic rings. The Hall–Kier alpha value is -1.80. The smallest absolute Gasteiger partial charge is 0.119 e. The fraction of sp³-hybridized carbons (Fsp3) is 0.333. The number of aryl methyl sites for hydroxylation is 1. The Morgan fingerprint density at radius 2 is 1.75 bits per heavy atom. The highest BCUT2D eigenvalue weighted by Gasteiger charge is 2.02. The molecule has 0 amide bonds. The maximum Gasteiger partial charge on any atom is 0.119 e. The molecule has 20 heavy (non-hydrogen) atoms. The Morgan fingerprint density at radius 1 is 1.00 bits per heavy atom. The minimum absolute atomic E-state index is 0.557. The predicted molar refractivity (Wildman–Crippen MR) is 80.6 cm³/mol. The van der Waals surface area contributed by atoms with Crippen LogP contribution in [0.3, 0.4) is 0 Å². The summed E-state index contributed by atoms with van der Waals surface area (Å²) in [6, 6.07) is 18.3. The molecule has 0 aliphatic heterocycles. The van der Waals surface area contributed by atoms with Gasteiger partial charge in [-0.15, -0.1) is 0 Å². The standard InChI is InChI=1S/C18H21O2/c1-15(19)13-17-9-5-11-18(14-17)20-12-6-10-16-7-3-2-4-8-16/h2-5,7-9,11,14-15H,6,10,12-13H2,1H3. The zero-order chi connectivity index (χ0) is 14.2. The lowest BCUT2D eigenvalue weighted by Gasteiger charge is -2.08. The van der Waals surface area contributed by atoms with E-state index < -0.39 is 6.10 Å². The van der Waals surface area contributed by atoms with Crippen LogP contribution in [-0.4, -0.2) is 12.7 Å². The largest absolute Gasteiger partial charge is 0.494 e. The average Bonchev–Trinajstić information content (AvgIpc) is 2.44. The molecule has 0 spiro atoms. The average molecular weight is 269 g/mol. The first kappa shape index (κ1) is 14.6. The van der Waals surface area contributed by atoms with Crippen LogP contribution in [0.2, 0.25) is 0 Å². The fourth-order valence-electron chi connectivity index (χ4n) is 2.21. The maximum absolute atomic E-state index is 11.2. The van der Waals surface area contributed by atoms with Crippen molar-refractivity contribution >= 4 is 0 Å². The van der Waals surface area contributed by atoms with Gasteiger partial charge in [-0.05, 0) is 43.0 Å². The second-order valence-electron chi connectivity index (χ2n) is 5.10. The summed E-state index contributed by atoms with van der Waals surface area (Å²) in [6.45, 7) is 2.39. The van der Waals surface area contributed by atoms with Crippen LogP contribution in [0, 0.1) is 0 Å². The molecular formula is C18H21O2. The minimum Gasteiger partial charge on any atom is -0.494 e. The quantitative estimate of drug-likeness (QED) is 0.697. The van der Waals surface area contributed by atoms with Gasteiger partial charge in [0.25, 0.3) is 0 Å². The van der Waals surface area contributed by atoms with Gasteiger partial charge < -0.3 is 4.74 Å². The lowest BCUT2D eigenvalue weighted by molar-refractivity contribution is 0.106. The molecule has 0 heterocycles. The van der Waals surface area contributed by atoms with Crippen LogP contribution in [0.1, 0.15) is 24.5 Å². The van der Waals surface area contributed by atoms with Crippen LogP contribution in [0.15, 0.2) is 54.6 Å². The number of rotatable bonds is 7. The van der Waals surface area contributed by atoms with Gasteiger partial charge >= 0.3 is 0 Å². The minimum atomic E-state index is -0.566. The van der Waals surface area contributed by atoms with Gasteiger partial charge in [0.2, 0.25) is 0 Å². The van der Waals surface area contributed by atoms with Crippen LogP contribution in [0.4, 0.5) is 0 Å². The predicted octanol–water partition coefficient (Wildman–Crippen LogP) is 4.06. The topological polar surface area (TPSA) is 29.1 Å². The molecule has 1 radical (unpaired) electrons. The molecular weight excluding hydrogens is 248 g/mol. The van der Waals surface area contributed by atoms with Gasteiger partial charge in [0.05, 0.1) is 12.7 Å². The molecule has 1 unspecified atom stereocenters. The monoisotopic (exact) mass is 269 g/mol. The van der Waals surface area contributed by atoms with E-state index in [4.69, 9.17) is 4.74 Å². The van der Waals surface area contributed by atoms with Crippen LogP contribution < -0.4 is 4.74 Å². The van der Waals surface area contributed by atoms with Crippen molar-refractivity contribution in [3.05, 3.63) is 65.7 Å². The van der Waals surface area contributed by atoms with Crippen molar-refractivity contribution < 1.29 is 9.84 Å². The molecule has 2 heteroatoms. The first-order chi connectivity index (χ1) is 9.74. The van der Waals surface area contributed by atoms with Crippen molar-refractivity contribution in [3.63, 3.8) is 0 Å². The Morgan fingerprint density at radius 3 is 2.50 bits per heavy atom. The van der Waals surface area contributed by atoms with Gasteiger partial charge in [-0.2, -0.15) is 0 Å². The van der Waals surface area contributed by atoms with Gasteiger partial charge in [-0.25, -0.2) is 5.11 Å². The third-order valence-corrected chi connectivity index (χ3v) is 3.14. The van der Waals surface area contributed by atoms with Crippen LogP contribution in [-0.2, 0) is 17.9 Å². The third-order valence-electron chi connectivity index (χ3n) is 3.14. The zero-order valence-corrected chi connectivity index (χ0v) is 11.9. The number of benzene rings is 2. The van der Waals surface area contributed by atoms with Crippen molar-refractivity contribution in [2.45, 2.75) is 32.3 Å². The molecule has 2 nitrogen and oxygen atoms in total. The Balaban J connectivity index is 1.76. The molecule has 0 aliphatic carbocycles. The van der Waals surface area contributed by atoms with E-state index in [9.17, 15) is 5.11 Å². The molecule has 2 aromatic carbocycles. The lowest BCUT2D eigenvalue weighted by Crippen LogP contribution is -2.03. The SMILES string of the molecule is CC([O])Cc1cccc(OCCCc2ccccc2)c1. The third kappa shape index (κ3) is 5.06. The van der Waals surface area contributed by atoms with Gasteiger partial charge in [0, 0.05) is 6.42 Å². The first-order valence-corrected chi connectivity index (χ1v) is 7.15. The van der Waals surface area contributed by atoms with E-state index in [1.165, 1.54) is 5.56 Å². The fourth-order valence-corrected chi connectivity index (χ4v) is 2.21. The van der Waals surface area contributed by atoms with Crippen molar-refractivity contribution in [3.8, 4) is 5.75 Å². The molecule has 0 bridgehead atoms. The van der Waals surface area contributed by atoms with E-state index in [1.807, 2.05) is 30.3 Å². The van der Waals surface area contributed by atoms with Crippen LogP contribution in [0.25, 0.3) is 0 Å². The summed E-state index contributed by atoms with van der Waals surface area (Å²) >= 11 is 0. The second kappa shape index (κ2) is 7.71. The molecule has 0 aromatic heterocycles. The first-order valence-electron chi connectivity index (χ1n) is 7.15. The highest BCUT2D eigenvalue weighted by atomic mass is 16.5. The number of hydrogen-bond acceptors (Lipinski definition) is 1. The zero-order valence-electron chi connectivity index (χ0n) is 11.9. The summed E-state index contributed by atoms with van der Waals surface area (Å²) in [5.74, 6) is 0.858. The molecule has 0 fully saturated rings. The van der Waals surface area contributed by atoms with Gasteiger partial charge in [-0.1, -0.05) is 42.5 Å². The summed E-state index contributed by atoms with van der Waals surface area (Å²) in [4.78, 5) is 0. The van der Waals surface area contributed by atoms with Gasteiger partial charge in [0.15, 0.2) is 0 Å². The van der Waals surface area contributed by atoms with E-state index in [2.05, 4.69) is 24.3 Å². The summed E-state index contributed by atoms with van der Waals surface area (Å²) in [7, 11) is 0. The highest BCUT2D eigenvalue weighted by molar-refractivity contribution is 5.28. The van der Waals surface area contributed by atoms with E-state index in [-0.39, 0.29) is 0 Å². The molecule has 0 N–H and O–H groups in total. The summed E-state index contributed by atoms with van der Waals surface area (Å²) < 4.78 is 5.75. The lowest BCUT2D eigenvalue weighted by atomic mass is 10.1. The van der Waals surface area contributed by atoms with Gasteiger partial charge in [0.1, 0.15) is 5.75 Å². The number of ether oxygens (including phenoxy) is 1. The van der Waals surface area contributed by atoms with Crippen molar-refractivity contribution in [1.29, 1.82) is 0 Å². The Bertz CT molecular complexity index is 506. The van der Waals surface area contributed by atoms with Crippen LogP contribution >= 0.6 is 0 Å². The van der Waals surface area contributed by atoms with E-state index in [0.717, 1.165) is 24.2 Å². The maximum atomic E-state index is 11.2. The summed E-state index contributed by atoms with van der Waals surface area (Å²) in [5, 5.41) is 11.2. The second-order valence-corrected chi connectivity index (χ2v) is 5.10. The van der Waals surface area contributed by atoms with E-state index in [1.54, 1.807) is 6.92 Å². The molecule has 105 valence electrons. The van der Waals surface area contributed by atoms with Crippen molar-refractivity contribution in [2.75, 3.05) is 6.61 Å². The molecule has 2 aromatic rings. The molecule has 2 rings (SSSR count). The van der Waals surface area contributed by atoms with E-state index in [0.29, 0.717) is 13.0 Å². The van der Waals surface area contributed by atoms with Crippen molar-refractivity contribution in [2.24, 2.45) is 0 Å². The molecule has 0 saturated heterocycles.